The lowest BCUT2D eigenvalue weighted by atomic mass is 10.2. The van der Waals surface area contributed by atoms with Crippen molar-refractivity contribution in [3.05, 3.63) is 24.8 Å². The lowest BCUT2D eigenvalue weighted by molar-refractivity contribution is -0.138. The standard InChI is InChI=1S/C9H12O3/c1-4-9(11)12-6-5-8(10)7(2)3/h4H,1-2,5-6H2,3H3. The van der Waals surface area contributed by atoms with Gasteiger partial charge in [-0.3, -0.25) is 4.79 Å². The molecule has 0 radical (unpaired) electrons. The Kier molecular flexibility index (Phi) is 4.69. The molecule has 66 valence electrons. The highest BCUT2D eigenvalue weighted by Crippen LogP contribution is 1.95. The van der Waals surface area contributed by atoms with Gasteiger partial charge in [-0.05, 0) is 12.5 Å². The molecule has 0 rings (SSSR count). The van der Waals surface area contributed by atoms with E-state index in [2.05, 4.69) is 17.9 Å². The predicted molar refractivity (Wildman–Crippen MR) is 45.6 cm³/mol. The number of ketones is 1. The lowest BCUT2D eigenvalue weighted by Crippen LogP contribution is -2.07. The lowest BCUT2D eigenvalue weighted by Gasteiger charge is -2.00. The number of ether oxygens (including phenoxy) is 1. The SMILES string of the molecule is C=CC(=O)OCCC(=O)C(=C)C. The van der Waals surface area contributed by atoms with Crippen LogP contribution < -0.4 is 0 Å². The first-order valence-corrected chi connectivity index (χ1v) is 3.56. The second kappa shape index (κ2) is 5.29. The quantitative estimate of drug-likeness (QED) is 0.458. The van der Waals surface area contributed by atoms with Gasteiger partial charge in [0.05, 0.1) is 6.61 Å². The van der Waals surface area contributed by atoms with Gasteiger partial charge in [-0.25, -0.2) is 4.79 Å². The van der Waals surface area contributed by atoms with E-state index < -0.39 is 5.97 Å². The minimum atomic E-state index is -0.510. The summed E-state index contributed by atoms with van der Waals surface area (Å²) in [6.45, 7) is 8.40. The summed E-state index contributed by atoms with van der Waals surface area (Å²) in [4.78, 5) is 21.4. The van der Waals surface area contributed by atoms with Crippen LogP contribution >= 0.6 is 0 Å². The first kappa shape index (κ1) is 10.6. The molecular weight excluding hydrogens is 156 g/mol. The molecule has 0 heterocycles. The van der Waals surface area contributed by atoms with Gasteiger partial charge in [0.25, 0.3) is 0 Å². The minimum absolute atomic E-state index is 0.0909. The van der Waals surface area contributed by atoms with Crippen LogP contribution in [0.2, 0.25) is 0 Å². The number of Topliss-reactive ketones (excluding diaryl/α,β-unsaturated/α-hetero) is 1. The molecule has 0 aromatic rings. The van der Waals surface area contributed by atoms with Crippen molar-refractivity contribution in [2.45, 2.75) is 13.3 Å². The van der Waals surface area contributed by atoms with Crippen molar-refractivity contribution >= 4 is 11.8 Å². The highest BCUT2D eigenvalue weighted by atomic mass is 16.5. The second-order valence-electron chi connectivity index (χ2n) is 2.33. The van der Waals surface area contributed by atoms with Crippen molar-refractivity contribution in [1.82, 2.24) is 0 Å². The van der Waals surface area contributed by atoms with Crippen LogP contribution in [-0.2, 0) is 14.3 Å². The van der Waals surface area contributed by atoms with Crippen LogP contribution in [0.15, 0.2) is 24.8 Å². The molecule has 0 aliphatic carbocycles. The van der Waals surface area contributed by atoms with Gasteiger partial charge in [-0.1, -0.05) is 13.2 Å². The number of esters is 1. The molecule has 12 heavy (non-hydrogen) atoms. The number of hydrogen-bond donors (Lipinski definition) is 0. The zero-order valence-electron chi connectivity index (χ0n) is 7.13. The zero-order valence-corrected chi connectivity index (χ0v) is 7.13. The van der Waals surface area contributed by atoms with Gasteiger partial charge < -0.3 is 4.74 Å². The summed E-state index contributed by atoms with van der Waals surface area (Å²) in [6.07, 6.45) is 1.25. The molecule has 0 aromatic heterocycles. The molecule has 0 bridgehead atoms. The fourth-order valence-corrected chi connectivity index (χ4v) is 0.517. The van der Waals surface area contributed by atoms with E-state index in [1.54, 1.807) is 6.92 Å². The first-order chi connectivity index (χ1) is 5.57. The van der Waals surface area contributed by atoms with Crippen LogP contribution in [0.4, 0.5) is 0 Å². The first-order valence-electron chi connectivity index (χ1n) is 3.56. The van der Waals surface area contributed by atoms with E-state index in [1.807, 2.05) is 0 Å². The predicted octanol–water partition coefficient (Wildman–Crippen LogP) is 1.25. The summed E-state index contributed by atoms with van der Waals surface area (Å²) in [5.41, 5.74) is 0.477. The third kappa shape index (κ3) is 4.44. The number of allylic oxidation sites excluding steroid dienone is 1. The van der Waals surface area contributed by atoms with E-state index in [-0.39, 0.29) is 18.8 Å². The van der Waals surface area contributed by atoms with Gasteiger partial charge >= 0.3 is 5.97 Å². The molecule has 0 spiro atoms. The Balaban J connectivity index is 3.57. The number of carbonyl (C=O) groups is 2. The summed E-state index contributed by atoms with van der Waals surface area (Å²) < 4.78 is 4.59. The van der Waals surface area contributed by atoms with Crippen LogP contribution in [0.1, 0.15) is 13.3 Å². The van der Waals surface area contributed by atoms with Gasteiger partial charge in [-0.2, -0.15) is 0 Å². The average Bonchev–Trinajstić information content (AvgIpc) is 2.03. The average molecular weight is 168 g/mol. The maximum atomic E-state index is 10.9. The monoisotopic (exact) mass is 168 g/mol. The van der Waals surface area contributed by atoms with E-state index in [9.17, 15) is 9.59 Å². The molecule has 0 saturated heterocycles. The zero-order chi connectivity index (χ0) is 9.56. The van der Waals surface area contributed by atoms with Crippen molar-refractivity contribution in [2.24, 2.45) is 0 Å². The van der Waals surface area contributed by atoms with Crippen LogP contribution in [0.25, 0.3) is 0 Å². The van der Waals surface area contributed by atoms with Gasteiger partial charge in [-0.15, -0.1) is 0 Å². The molecular formula is C9H12O3. The molecule has 0 aliphatic heterocycles. The van der Waals surface area contributed by atoms with Gasteiger partial charge in [0.1, 0.15) is 0 Å². The largest absolute Gasteiger partial charge is 0.462 e. The molecule has 3 heteroatoms. The number of hydrogen-bond acceptors (Lipinski definition) is 3. The fraction of sp³-hybridized carbons (Fsp3) is 0.333. The molecule has 0 atom stereocenters. The summed E-state index contributed by atoms with van der Waals surface area (Å²) in [7, 11) is 0. The smallest absolute Gasteiger partial charge is 0.330 e. The van der Waals surface area contributed by atoms with E-state index >= 15 is 0 Å². The van der Waals surface area contributed by atoms with Crippen LogP contribution in [-0.4, -0.2) is 18.4 Å². The molecule has 0 aromatic carbocycles. The summed E-state index contributed by atoms with van der Waals surface area (Å²) in [5, 5.41) is 0. The third-order valence-corrected chi connectivity index (χ3v) is 1.22. The van der Waals surface area contributed by atoms with E-state index in [0.717, 1.165) is 6.08 Å². The highest BCUT2D eigenvalue weighted by Gasteiger charge is 2.03. The molecule has 0 unspecified atom stereocenters. The van der Waals surface area contributed by atoms with Crippen LogP contribution in [0.5, 0.6) is 0 Å². The summed E-state index contributed by atoms with van der Waals surface area (Å²) in [5.74, 6) is -0.601. The Labute approximate surface area is 71.7 Å². The Hall–Kier alpha value is -1.38. The van der Waals surface area contributed by atoms with Gasteiger partial charge in [0.2, 0.25) is 0 Å². The van der Waals surface area contributed by atoms with Crippen molar-refractivity contribution in [3.63, 3.8) is 0 Å². The number of rotatable bonds is 5. The Morgan fingerprint density at radius 1 is 1.50 bits per heavy atom. The minimum Gasteiger partial charge on any atom is -0.462 e. The normalized spacial score (nSPS) is 8.75. The van der Waals surface area contributed by atoms with E-state index in [4.69, 9.17) is 0 Å². The summed E-state index contributed by atoms with van der Waals surface area (Å²) in [6, 6.07) is 0. The Bertz CT molecular complexity index is 216. The van der Waals surface area contributed by atoms with Crippen molar-refractivity contribution in [3.8, 4) is 0 Å². The molecule has 0 amide bonds. The topological polar surface area (TPSA) is 43.4 Å². The molecule has 0 fully saturated rings. The van der Waals surface area contributed by atoms with Gasteiger partial charge in [0.15, 0.2) is 5.78 Å². The molecule has 3 nitrogen and oxygen atoms in total. The van der Waals surface area contributed by atoms with Gasteiger partial charge in [0, 0.05) is 12.5 Å². The van der Waals surface area contributed by atoms with Crippen LogP contribution in [0, 0.1) is 0 Å². The Morgan fingerprint density at radius 3 is 2.50 bits per heavy atom. The maximum absolute atomic E-state index is 10.9. The molecule has 0 aliphatic rings. The number of carbonyl (C=O) groups excluding carboxylic acids is 2. The third-order valence-electron chi connectivity index (χ3n) is 1.22. The fourth-order valence-electron chi connectivity index (χ4n) is 0.517. The summed E-state index contributed by atoms with van der Waals surface area (Å²) >= 11 is 0. The second-order valence-corrected chi connectivity index (χ2v) is 2.33. The van der Waals surface area contributed by atoms with Crippen molar-refractivity contribution in [1.29, 1.82) is 0 Å². The van der Waals surface area contributed by atoms with E-state index in [0.29, 0.717) is 5.57 Å². The molecule has 0 N–H and O–H groups in total. The highest BCUT2D eigenvalue weighted by molar-refractivity contribution is 5.94. The van der Waals surface area contributed by atoms with Crippen LogP contribution in [0.3, 0.4) is 0 Å². The van der Waals surface area contributed by atoms with Crippen molar-refractivity contribution < 1.29 is 14.3 Å². The van der Waals surface area contributed by atoms with Crippen molar-refractivity contribution in [2.75, 3.05) is 6.61 Å². The maximum Gasteiger partial charge on any atom is 0.330 e. The Morgan fingerprint density at radius 2 is 2.08 bits per heavy atom. The van der Waals surface area contributed by atoms with E-state index in [1.165, 1.54) is 0 Å². The molecule has 0 saturated carbocycles.